The van der Waals surface area contributed by atoms with Crippen LogP contribution in [0.25, 0.3) is 10.9 Å². The molecule has 0 bridgehead atoms. The Labute approximate surface area is 325 Å². The van der Waals surface area contributed by atoms with Gasteiger partial charge in [0.1, 0.15) is 36.2 Å². The van der Waals surface area contributed by atoms with E-state index in [0.717, 1.165) is 25.7 Å². The summed E-state index contributed by atoms with van der Waals surface area (Å²) in [5, 5.41) is 22.8. The largest absolute Gasteiger partial charge is 0.480 e. The van der Waals surface area contributed by atoms with E-state index >= 15 is 4.39 Å². The Bertz CT molecular complexity index is 1790. The minimum atomic E-state index is -1.08. The van der Waals surface area contributed by atoms with Crippen LogP contribution in [0.4, 0.5) is 10.1 Å². The molecule has 2 fully saturated rings. The van der Waals surface area contributed by atoms with Crippen molar-refractivity contribution in [3.05, 3.63) is 39.4 Å². The molecule has 1 aromatic heterocycles. The average molecular weight is 787 g/mol. The van der Waals surface area contributed by atoms with Gasteiger partial charge in [-0.15, -0.1) is 0 Å². The van der Waals surface area contributed by atoms with Gasteiger partial charge in [0.2, 0.25) is 5.43 Å². The van der Waals surface area contributed by atoms with Crippen LogP contribution in [-0.2, 0) is 30.5 Å². The molecule has 2 atom stereocenters. The molecule has 0 spiro atoms. The van der Waals surface area contributed by atoms with Crippen molar-refractivity contribution in [2.24, 2.45) is 0 Å². The Hall–Kier alpha value is -4.33. The number of hydrogen-bond acceptors (Lipinski definition) is 13. The third kappa shape index (κ3) is 10.7. The number of rotatable bonds is 15. The van der Waals surface area contributed by atoms with Crippen LogP contribution in [-0.4, -0.2) is 188 Å². The summed E-state index contributed by atoms with van der Waals surface area (Å²) >= 11 is 0. The fraction of sp³-hybridized carbons (Fsp3) is 0.632. The van der Waals surface area contributed by atoms with E-state index in [0.29, 0.717) is 82.1 Å². The van der Waals surface area contributed by atoms with Crippen molar-refractivity contribution in [2.75, 3.05) is 117 Å². The van der Waals surface area contributed by atoms with Gasteiger partial charge in [-0.3, -0.25) is 33.9 Å². The number of benzene rings is 1. The second kappa shape index (κ2) is 20.2. The third-order valence-electron chi connectivity index (χ3n) is 11.1. The molecule has 2 aromatic rings. The van der Waals surface area contributed by atoms with Gasteiger partial charge in [0.25, 0.3) is 5.91 Å². The number of hydrogen-bond donors (Lipinski definition) is 3. The smallest absolute Gasteiger partial charge is 0.320 e. The number of nitrogens with zero attached hydrogens (tertiary/aromatic N) is 7. The van der Waals surface area contributed by atoms with Crippen molar-refractivity contribution < 1.29 is 43.3 Å². The number of pyridine rings is 1. The zero-order valence-corrected chi connectivity index (χ0v) is 32.4. The molecule has 5 rings (SSSR count). The number of halogens is 1. The van der Waals surface area contributed by atoms with Crippen LogP contribution in [0.3, 0.4) is 0 Å². The topological polar surface area (TPSA) is 189 Å². The molecule has 0 saturated carbocycles. The molecule has 308 valence electrons. The van der Waals surface area contributed by atoms with Crippen LogP contribution in [0.1, 0.15) is 48.3 Å². The molecule has 3 aliphatic heterocycles. The lowest BCUT2D eigenvalue weighted by atomic mass is 10.0. The summed E-state index contributed by atoms with van der Waals surface area (Å²) in [6.45, 7) is 8.30. The van der Waals surface area contributed by atoms with Crippen molar-refractivity contribution in [3.63, 3.8) is 0 Å². The number of nitrogens with one attached hydrogen (secondary N) is 1. The molecule has 2 unspecified atom stereocenters. The fourth-order valence-corrected chi connectivity index (χ4v) is 7.81. The highest BCUT2D eigenvalue weighted by Gasteiger charge is 2.31. The van der Waals surface area contributed by atoms with Crippen LogP contribution in [0, 0.1) is 5.82 Å². The number of carbonyl (C=O) groups is 5. The van der Waals surface area contributed by atoms with Crippen LogP contribution >= 0.6 is 0 Å². The van der Waals surface area contributed by atoms with Gasteiger partial charge in [-0.1, -0.05) is 0 Å². The SMILES string of the molecule is CC1OCc2c(N3CCN(C)CC3)c(F)cc3c(=O)c(C(=O)NCCCC(C(=O)O)N4CCN(CC=O)CCN(CCC=O)CCN(CC(=O)O)CC4)cn1c23. The molecule has 1 aromatic carbocycles. The second-order valence-electron chi connectivity index (χ2n) is 14.8. The maximum Gasteiger partial charge on any atom is 0.320 e. The number of ether oxygens (including phenoxy) is 1. The molecule has 17 nitrogen and oxygen atoms in total. The Kier molecular flexibility index (Phi) is 15.4. The average Bonchev–Trinajstić information content (AvgIpc) is 3.16. The summed E-state index contributed by atoms with van der Waals surface area (Å²) in [6.07, 6.45) is 3.27. The Morgan fingerprint density at radius 1 is 0.946 bits per heavy atom. The van der Waals surface area contributed by atoms with Gasteiger partial charge < -0.3 is 49.1 Å². The van der Waals surface area contributed by atoms with Gasteiger partial charge in [0, 0.05) is 115 Å². The molecule has 0 aliphatic carbocycles. The number of amides is 1. The molecule has 4 heterocycles. The minimum absolute atomic E-state index is 0.0565. The number of aromatic nitrogens is 1. The van der Waals surface area contributed by atoms with Crippen molar-refractivity contribution >= 4 is 47.0 Å². The van der Waals surface area contributed by atoms with Crippen LogP contribution < -0.4 is 15.6 Å². The van der Waals surface area contributed by atoms with E-state index in [1.807, 2.05) is 16.8 Å². The number of carbonyl (C=O) groups excluding carboxylic acids is 3. The van der Waals surface area contributed by atoms with E-state index in [-0.39, 0.29) is 63.1 Å². The quantitative estimate of drug-likeness (QED) is 0.162. The zero-order chi connectivity index (χ0) is 40.4. The monoisotopic (exact) mass is 786 g/mol. The lowest BCUT2D eigenvalue weighted by Gasteiger charge is -2.37. The number of piperazine rings is 1. The number of carboxylic acid groups (broad SMARTS) is 2. The van der Waals surface area contributed by atoms with Gasteiger partial charge in [-0.2, -0.15) is 0 Å². The van der Waals surface area contributed by atoms with Crippen molar-refractivity contribution in [1.82, 2.24) is 34.4 Å². The van der Waals surface area contributed by atoms with Crippen molar-refractivity contribution in [3.8, 4) is 0 Å². The fourth-order valence-electron chi connectivity index (χ4n) is 7.81. The van der Waals surface area contributed by atoms with Crippen molar-refractivity contribution in [2.45, 2.75) is 45.1 Å². The van der Waals surface area contributed by atoms with E-state index in [1.165, 1.54) is 12.3 Å². The van der Waals surface area contributed by atoms with Gasteiger partial charge in [-0.25, -0.2) is 4.39 Å². The third-order valence-corrected chi connectivity index (χ3v) is 11.1. The molecule has 56 heavy (non-hydrogen) atoms. The van der Waals surface area contributed by atoms with E-state index in [2.05, 4.69) is 15.1 Å². The number of aldehydes is 2. The van der Waals surface area contributed by atoms with Crippen molar-refractivity contribution in [1.29, 1.82) is 0 Å². The Morgan fingerprint density at radius 2 is 1.61 bits per heavy atom. The Morgan fingerprint density at radius 3 is 2.27 bits per heavy atom. The van der Waals surface area contributed by atoms with Gasteiger partial charge in [0.15, 0.2) is 0 Å². The highest BCUT2D eigenvalue weighted by atomic mass is 19.1. The first-order valence-corrected chi connectivity index (χ1v) is 19.4. The molecule has 0 radical (unpaired) electrons. The summed E-state index contributed by atoms with van der Waals surface area (Å²) < 4.78 is 23.5. The van der Waals surface area contributed by atoms with E-state index in [1.54, 1.807) is 21.3 Å². The molecule has 2 saturated heterocycles. The standard InChI is InChI=1S/C38H55FN8O9/c1-27-47-24-29(36(52)28-23-31(39)35(30(26-56-27)34(28)47)46-16-8-41(2)9-17-46)37(53)40-6-3-5-32(38(54)55)45-18-14-43(20-22-49)11-10-42(7-4-21-48)12-13-44(15-19-45)25-33(50)51/h21-24,27,32H,3-20,25-26H2,1-2H3,(H,40,53)(H,50,51)(H,54,55). The highest BCUT2D eigenvalue weighted by Crippen LogP contribution is 2.37. The number of aliphatic carboxylic acids is 2. The maximum absolute atomic E-state index is 15.8. The lowest BCUT2D eigenvalue weighted by molar-refractivity contribution is -0.144. The summed E-state index contributed by atoms with van der Waals surface area (Å²) in [5.41, 5.74) is 0.749. The molecule has 3 aliphatic rings. The summed E-state index contributed by atoms with van der Waals surface area (Å²) in [4.78, 5) is 85.8. The van der Waals surface area contributed by atoms with Gasteiger partial charge in [-0.05, 0) is 32.9 Å². The van der Waals surface area contributed by atoms with Crippen LogP contribution in [0.15, 0.2) is 17.1 Å². The second-order valence-corrected chi connectivity index (χ2v) is 14.8. The van der Waals surface area contributed by atoms with Gasteiger partial charge >= 0.3 is 11.9 Å². The van der Waals surface area contributed by atoms with E-state index in [4.69, 9.17) is 4.74 Å². The zero-order valence-electron chi connectivity index (χ0n) is 32.4. The van der Waals surface area contributed by atoms with E-state index < -0.39 is 41.4 Å². The van der Waals surface area contributed by atoms with Gasteiger partial charge in [0.05, 0.1) is 30.9 Å². The molecule has 1 amide bonds. The van der Waals surface area contributed by atoms with Crippen LogP contribution in [0.5, 0.6) is 0 Å². The number of carboxylic acids is 2. The first-order chi connectivity index (χ1) is 26.9. The van der Waals surface area contributed by atoms with Crippen LogP contribution in [0.2, 0.25) is 0 Å². The first-order valence-electron chi connectivity index (χ1n) is 19.4. The predicted molar refractivity (Wildman–Crippen MR) is 206 cm³/mol. The number of anilines is 1. The molecule has 18 heteroatoms. The van der Waals surface area contributed by atoms with E-state index in [9.17, 15) is 39.0 Å². The lowest BCUT2D eigenvalue weighted by Crippen LogP contribution is -2.51. The molecular formula is C38H55FN8O9. The highest BCUT2D eigenvalue weighted by molar-refractivity contribution is 5.99. The number of likely N-dealkylation sites (N-methyl/N-ethyl adjacent to an activating group) is 1. The Balaban J connectivity index is 1.28. The minimum Gasteiger partial charge on any atom is -0.480 e. The normalized spacial score (nSPS) is 20.6. The summed E-state index contributed by atoms with van der Waals surface area (Å²) in [7, 11) is 2.01. The summed E-state index contributed by atoms with van der Waals surface area (Å²) in [5.74, 6) is -3.30. The summed E-state index contributed by atoms with van der Waals surface area (Å²) in [6, 6.07) is 0.236. The first kappa shape index (κ1) is 42.8. The maximum atomic E-state index is 15.8. The molecule has 3 N–H and O–H groups in total. The predicted octanol–water partition coefficient (Wildman–Crippen LogP) is -0.00160. The molecular weight excluding hydrogens is 731 g/mol.